The number of rotatable bonds is 7. The fourth-order valence-electron chi connectivity index (χ4n) is 2.32. The van der Waals surface area contributed by atoms with Crippen LogP contribution >= 0.6 is 7.60 Å². The first kappa shape index (κ1) is 16.3. The summed E-state index contributed by atoms with van der Waals surface area (Å²) in [4.78, 5) is 30.9. The van der Waals surface area contributed by atoms with Crippen molar-refractivity contribution in [2.24, 2.45) is 0 Å². The normalized spacial score (nSPS) is 16.9. The van der Waals surface area contributed by atoms with Crippen molar-refractivity contribution in [3.63, 3.8) is 0 Å². The highest BCUT2D eigenvalue weighted by Gasteiger charge is 2.46. The minimum Gasteiger partial charge on any atom is -0.361 e. The average molecular weight is 341 g/mol. The molecule has 1 aliphatic carbocycles. The van der Waals surface area contributed by atoms with Crippen molar-refractivity contribution in [1.29, 1.82) is 0 Å². The Bertz CT molecular complexity index is 752. The van der Waals surface area contributed by atoms with Crippen molar-refractivity contribution in [1.82, 2.24) is 19.5 Å². The lowest BCUT2D eigenvalue weighted by Gasteiger charge is -2.18. The van der Waals surface area contributed by atoms with Gasteiger partial charge in [-0.3, -0.25) is 4.57 Å². The van der Waals surface area contributed by atoms with Crippen molar-refractivity contribution in [3.05, 3.63) is 12.5 Å². The van der Waals surface area contributed by atoms with Crippen LogP contribution in [0.25, 0.3) is 11.2 Å². The summed E-state index contributed by atoms with van der Waals surface area (Å²) in [6.07, 6.45) is 4.26. The first-order valence-electron chi connectivity index (χ1n) is 7.39. The molecule has 3 N–H and O–H groups in total. The van der Waals surface area contributed by atoms with E-state index in [9.17, 15) is 4.57 Å². The van der Waals surface area contributed by atoms with Crippen LogP contribution in [0.3, 0.4) is 0 Å². The van der Waals surface area contributed by atoms with E-state index in [0.29, 0.717) is 23.7 Å². The number of aromatic nitrogens is 4. The van der Waals surface area contributed by atoms with Crippen molar-refractivity contribution in [2.75, 3.05) is 11.7 Å². The predicted octanol–water partition coefficient (Wildman–Crippen LogP) is 1.33. The Balaban J connectivity index is 1.78. The molecular weight excluding hydrogens is 321 g/mol. The van der Waals surface area contributed by atoms with Gasteiger partial charge in [0, 0.05) is 6.04 Å². The number of nitrogens with one attached hydrogen (secondary N) is 1. The molecule has 2 heterocycles. The number of fused-ring (bicyclic) bond motifs is 1. The molecule has 0 spiro atoms. The van der Waals surface area contributed by atoms with Crippen molar-refractivity contribution in [2.45, 2.75) is 44.9 Å². The Kier molecular flexibility index (Phi) is 4.14. The van der Waals surface area contributed by atoms with Crippen LogP contribution in [0.1, 0.15) is 26.7 Å². The van der Waals surface area contributed by atoms with Gasteiger partial charge in [-0.05, 0) is 26.7 Å². The molecular formula is C13H20N5O4P. The van der Waals surface area contributed by atoms with Gasteiger partial charge in [0.15, 0.2) is 5.65 Å². The van der Waals surface area contributed by atoms with Gasteiger partial charge in [0.2, 0.25) is 5.95 Å². The molecule has 0 amide bonds. The standard InChI is InChI=1S/C13H20N5O4P/c1-9(2)16-12-14-5-10-11(17-12)18(7-15-10)6-13(3-4-13)22-8-23(19,20)21/h5,7,9H,3-4,6,8H2,1-2H3,(H,14,16,17)(H2,19,20,21). The van der Waals surface area contributed by atoms with Gasteiger partial charge in [-0.25, -0.2) is 9.97 Å². The van der Waals surface area contributed by atoms with E-state index in [-0.39, 0.29) is 6.04 Å². The largest absolute Gasteiger partial charge is 0.361 e. The lowest BCUT2D eigenvalue weighted by molar-refractivity contribution is 0.0417. The number of ether oxygens (including phenoxy) is 1. The van der Waals surface area contributed by atoms with Gasteiger partial charge in [-0.2, -0.15) is 4.98 Å². The summed E-state index contributed by atoms with van der Waals surface area (Å²) < 4.78 is 18.3. The molecule has 1 aliphatic rings. The number of nitrogens with zero attached hydrogens (tertiary/aromatic N) is 4. The fourth-order valence-corrected chi connectivity index (χ4v) is 2.76. The molecule has 126 valence electrons. The number of hydrogen-bond donors (Lipinski definition) is 3. The van der Waals surface area contributed by atoms with Gasteiger partial charge >= 0.3 is 7.60 Å². The van der Waals surface area contributed by atoms with Crippen molar-refractivity contribution >= 4 is 24.7 Å². The smallest absolute Gasteiger partial charge is 0.351 e. The molecule has 9 nitrogen and oxygen atoms in total. The van der Waals surface area contributed by atoms with E-state index in [1.54, 1.807) is 12.5 Å². The van der Waals surface area contributed by atoms with E-state index in [1.165, 1.54) is 0 Å². The maximum atomic E-state index is 11.0. The lowest BCUT2D eigenvalue weighted by atomic mass is 10.3. The van der Waals surface area contributed by atoms with Gasteiger partial charge in [0.1, 0.15) is 11.9 Å². The Labute approximate surface area is 133 Å². The first-order chi connectivity index (χ1) is 10.8. The molecule has 3 rings (SSSR count). The molecule has 0 aromatic carbocycles. The molecule has 23 heavy (non-hydrogen) atoms. The first-order valence-corrected chi connectivity index (χ1v) is 9.19. The SMILES string of the molecule is CC(C)Nc1ncc2ncn(CC3(OCP(=O)(O)O)CC3)c2n1. The second-order valence-electron chi connectivity index (χ2n) is 6.20. The highest BCUT2D eigenvalue weighted by atomic mass is 31.2. The maximum Gasteiger partial charge on any atom is 0.351 e. The summed E-state index contributed by atoms with van der Waals surface area (Å²) in [5.74, 6) is 0.523. The topological polar surface area (TPSA) is 122 Å². The van der Waals surface area contributed by atoms with E-state index >= 15 is 0 Å². The third kappa shape index (κ3) is 4.06. The van der Waals surface area contributed by atoms with E-state index in [2.05, 4.69) is 20.3 Å². The third-order valence-corrected chi connectivity index (χ3v) is 4.05. The van der Waals surface area contributed by atoms with E-state index in [1.807, 2.05) is 18.4 Å². The van der Waals surface area contributed by atoms with Crippen molar-refractivity contribution in [3.8, 4) is 0 Å². The van der Waals surface area contributed by atoms with Crippen LogP contribution in [-0.4, -0.2) is 47.3 Å². The summed E-state index contributed by atoms with van der Waals surface area (Å²) in [6.45, 7) is 4.46. The quantitative estimate of drug-likeness (QED) is 0.645. The summed E-state index contributed by atoms with van der Waals surface area (Å²) >= 11 is 0. The third-order valence-electron chi connectivity index (χ3n) is 3.58. The van der Waals surface area contributed by atoms with Crippen LogP contribution in [0.2, 0.25) is 0 Å². The minimum absolute atomic E-state index is 0.213. The van der Waals surface area contributed by atoms with Crippen molar-refractivity contribution < 1.29 is 19.1 Å². The van der Waals surface area contributed by atoms with E-state index in [4.69, 9.17) is 14.5 Å². The summed E-state index contributed by atoms with van der Waals surface area (Å²) in [5, 5.41) is 3.14. The predicted molar refractivity (Wildman–Crippen MR) is 84.0 cm³/mol. The fraction of sp³-hybridized carbons (Fsp3) is 0.615. The highest BCUT2D eigenvalue weighted by Crippen LogP contribution is 2.46. The Hall–Kier alpha value is -1.54. The number of anilines is 1. The van der Waals surface area contributed by atoms with Crippen LogP contribution in [-0.2, 0) is 15.8 Å². The molecule has 0 aliphatic heterocycles. The zero-order chi connectivity index (χ0) is 16.7. The van der Waals surface area contributed by atoms with Gasteiger partial charge in [-0.1, -0.05) is 0 Å². The molecule has 2 aromatic rings. The monoisotopic (exact) mass is 341 g/mol. The highest BCUT2D eigenvalue weighted by molar-refractivity contribution is 7.51. The van der Waals surface area contributed by atoms with Gasteiger partial charge in [-0.15, -0.1) is 0 Å². The summed E-state index contributed by atoms with van der Waals surface area (Å²) in [6, 6.07) is 0.213. The molecule has 0 bridgehead atoms. The molecule has 1 fully saturated rings. The molecule has 0 unspecified atom stereocenters. The molecule has 0 radical (unpaired) electrons. The van der Waals surface area contributed by atoms with Crippen LogP contribution in [0.15, 0.2) is 12.5 Å². The lowest BCUT2D eigenvalue weighted by Crippen LogP contribution is -2.22. The Morgan fingerprint density at radius 1 is 1.43 bits per heavy atom. The van der Waals surface area contributed by atoms with Crippen LogP contribution < -0.4 is 5.32 Å². The summed E-state index contributed by atoms with van der Waals surface area (Å²) in [7, 11) is -4.17. The van der Waals surface area contributed by atoms with Crippen LogP contribution in [0, 0.1) is 0 Å². The second-order valence-corrected chi connectivity index (χ2v) is 7.78. The van der Waals surface area contributed by atoms with Gasteiger partial charge in [0.05, 0.1) is 24.7 Å². The molecule has 2 aromatic heterocycles. The zero-order valence-corrected chi connectivity index (χ0v) is 13.9. The minimum atomic E-state index is -4.17. The number of hydrogen-bond acceptors (Lipinski definition) is 6. The zero-order valence-electron chi connectivity index (χ0n) is 13.0. The van der Waals surface area contributed by atoms with E-state index in [0.717, 1.165) is 12.8 Å². The summed E-state index contributed by atoms with van der Waals surface area (Å²) in [5.41, 5.74) is 0.810. The average Bonchev–Trinajstić information content (AvgIpc) is 3.11. The van der Waals surface area contributed by atoms with Crippen LogP contribution in [0.4, 0.5) is 5.95 Å². The van der Waals surface area contributed by atoms with Crippen LogP contribution in [0.5, 0.6) is 0 Å². The Morgan fingerprint density at radius 2 is 2.17 bits per heavy atom. The van der Waals surface area contributed by atoms with Gasteiger partial charge in [0.25, 0.3) is 0 Å². The molecule has 10 heteroatoms. The second kappa shape index (κ2) is 5.83. The van der Waals surface area contributed by atoms with E-state index < -0.39 is 19.5 Å². The molecule has 1 saturated carbocycles. The maximum absolute atomic E-state index is 11.0. The Morgan fingerprint density at radius 3 is 2.78 bits per heavy atom. The molecule has 0 saturated heterocycles. The molecule has 0 atom stereocenters. The van der Waals surface area contributed by atoms with Gasteiger partial charge < -0.3 is 24.4 Å². The number of imidazole rings is 1.